The molecule has 13 heteroatoms. The van der Waals surface area contributed by atoms with Crippen molar-refractivity contribution in [1.29, 1.82) is 0 Å². The fraction of sp³-hybridized carbons (Fsp3) is 0.375. The number of imidazole rings is 1. The van der Waals surface area contributed by atoms with Gasteiger partial charge in [0.1, 0.15) is 11.6 Å². The van der Waals surface area contributed by atoms with E-state index in [9.17, 15) is 12.8 Å². The van der Waals surface area contributed by atoms with E-state index in [1.165, 1.54) is 34.0 Å². The molecule has 4 aromatic rings. The molecule has 4 heterocycles. The summed E-state index contributed by atoms with van der Waals surface area (Å²) in [6.45, 7) is 3.55. The van der Waals surface area contributed by atoms with Crippen LogP contribution in [0.3, 0.4) is 0 Å². The molecule has 1 fully saturated rings. The SMILES string of the molecule is COCC1CN(c2ccc3nc(C)c(N(C)c4nc(-c5ccc(F)cc5)cs4)n3n2)CCN1S(C)(=O)=O. The van der Waals surface area contributed by atoms with Crippen LogP contribution in [0, 0.1) is 12.7 Å². The van der Waals surface area contributed by atoms with Gasteiger partial charge in [0.15, 0.2) is 16.6 Å². The molecule has 1 aliphatic heterocycles. The summed E-state index contributed by atoms with van der Waals surface area (Å²) in [5.74, 6) is 1.21. The van der Waals surface area contributed by atoms with Gasteiger partial charge in [0.25, 0.3) is 0 Å². The normalized spacial score (nSPS) is 17.0. The minimum absolute atomic E-state index is 0.286. The molecule has 0 aliphatic carbocycles. The second-order valence-electron chi connectivity index (χ2n) is 8.99. The Morgan fingerprint density at radius 3 is 2.62 bits per heavy atom. The maximum absolute atomic E-state index is 13.3. The standard InChI is InChI=1S/C24H28FN7O3S2/c1-16-23(29(2)24-27-20(15-36-24)17-5-7-18(25)8-6-17)32-21(26-16)9-10-22(28-32)30-11-12-31(37(4,33)34)19(13-30)14-35-3/h5-10,15,19H,11-14H2,1-4H3. The number of sulfonamides is 1. The van der Waals surface area contributed by atoms with E-state index in [1.807, 2.05) is 36.4 Å². The average molecular weight is 546 g/mol. The zero-order valence-corrected chi connectivity index (χ0v) is 22.6. The lowest BCUT2D eigenvalue weighted by molar-refractivity contribution is 0.126. The Kier molecular flexibility index (Phi) is 6.88. The second kappa shape index (κ2) is 9.97. The molecular formula is C24H28FN7O3S2. The van der Waals surface area contributed by atoms with Crippen LogP contribution in [-0.4, -0.2) is 85.0 Å². The van der Waals surface area contributed by atoms with E-state index in [-0.39, 0.29) is 11.9 Å². The monoisotopic (exact) mass is 545 g/mol. The van der Waals surface area contributed by atoms with Gasteiger partial charge >= 0.3 is 0 Å². The molecule has 10 nitrogen and oxygen atoms in total. The molecule has 0 bridgehead atoms. The van der Waals surface area contributed by atoms with Gasteiger partial charge in [0, 0.05) is 44.7 Å². The summed E-state index contributed by atoms with van der Waals surface area (Å²) in [5.41, 5.74) is 3.10. The quantitative estimate of drug-likeness (QED) is 0.350. The second-order valence-corrected chi connectivity index (χ2v) is 11.8. The van der Waals surface area contributed by atoms with Gasteiger partial charge in [-0.3, -0.25) is 0 Å². The highest BCUT2D eigenvalue weighted by Gasteiger charge is 2.33. The van der Waals surface area contributed by atoms with Crippen molar-refractivity contribution in [3.05, 3.63) is 53.3 Å². The number of rotatable bonds is 7. The molecule has 1 saturated heterocycles. The third kappa shape index (κ3) is 5.04. The molecule has 0 saturated carbocycles. The molecule has 1 aromatic carbocycles. The van der Waals surface area contributed by atoms with E-state index >= 15 is 0 Å². The summed E-state index contributed by atoms with van der Waals surface area (Å²) in [6, 6.07) is 9.77. The van der Waals surface area contributed by atoms with Crippen LogP contribution in [0.5, 0.6) is 0 Å². The number of fused-ring (bicyclic) bond motifs is 1. The van der Waals surface area contributed by atoms with E-state index in [0.717, 1.165) is 33.7 Å². The lowest BCUT2D eigenvalue weighted by Gasteiger charge is -2.40. The van der Waals surface area contributed by atoms with E-state index < -0.39 is 10.0 Å². The first-order chi connectivity index (χ1) is 17.7. The van der Waals surface area contributed by atoms with Crippen LogP contribution < -0.4 is 9.80 Å². The van der Waals surface area contributed by atoms with Gasteiger partial charge in [-0.15, -0.1) is 16.4 Å². The van der Waals surface area contributed by atoms with E-state index in [2.05, 4.69) is 9.88 Å². The van der Waals surface area contributed by atoms with Crippen LogP contribution >= 0.6 is 11.3 Å². The van der Waals surface area contributed by atoms with E-state index in [4.69, 9.17) is 14.8 Å². The minimum Gasteiger partial charge on any atom is -0.383 e. The predicted molar refractivity (Wildman–Crippen MR) is 143 cm³/mol. The van der Waals surface area contributed by atoms with E-state index in [0.29, 0.717) is 31.9 Å². The topological polar surface area (TPSA) is 96.2 Å². The molecule has 0 amide bonds. The summed E-state index contributed by atoms with van der Waals surface area (Å²) >= 11 is 1.48. The van der Waals surface area contributed by atoms with Crippen molar-refractivity contribution < 1.29 is 17.5 Å². The number of piperazine rings is 1. The van der Waals surface area contributed by atoms with Crippen LogP contribution in [-0.2, 0) is 14.8 Å². The Labute approximate surface area is 219 Å². The first-order valence-electron chi connectivity index (χ1n) is 11.7. The summed E-state index contributed by atoms with van der Waals surface area (Å²) in [6.07, 6.45) is 1.23. The van der Waals surface area contributed by atoms with Crippen molar-refractivity contribution >= 4 is 43.8 Å². The number of hydrogen-bond donors (Lipinski definition) is 0. The molecule has 0 N–H and O–H groups in total. The average Bonchev–Trinajstić information content (AvgIpc) is 3.47. The molecule has 5 rings (SSSR count). The Hall–Kier alpha value is -3.13. The lowest BCUT2D eigenvalue weighted by Crippen LogP contribution is -2.56. The molecule has 1 unspecified atom stereocenters. The van der Waals surface area contributed by atoms with Crippen LogP contribution in [0.4, 0.5) is 21.2 Å². The highest BCUT2D eigenvalue weighted by atomic mass is 32.2. The summed E-state index contributed by atoms with van der Waals surface area (Å²) in [5, 5.41) is 7.57. The van der Waals surface area contributed by atoms with Crippen LogP contribution in [0.15, 0.2) is 41.8 Å². The number of ether oxygens (including phenoxy) is 1. The molecular weight excluding hydrogens is 517 g/mol. The minimum atomic E-state index is -3.34. The van der Waals surface area contributed by atoms with Gasteiger partial charge < -0.3 is 14.5 Å². The van der Waals surface area contributed by atoms with E-state index in [1.54, 1.807) is 23.8 Å². The van der Waals surface area contributed by atoms with Crippen LogP contribution in [0.25, 0.3) is 16.9 Å². The third-order valence-electron chi connectivity index (χ3n) is 6.38. The van der Waals surface area contributed by atoms with Crippen molar-refractivity contribution in [3.63, 3.8) is 0 Å². The number of aromatic nitrogens is 4. The number of methoxy groups -OCH3 is 1. The van der Waals surface area contributed by atoms with Crippen molar-refractivity contribution in [1.82, 2.24) is 23.9 Å². The number of halogens is 1. The highest BCUT2D eigenvalue weighted by Crippen LogP contribution is 2.33. The number of benzene rings is 1. The Morgan fingerprint density at radius 1 is 1.16 bits per heavy atom. The van der Waals surface area contributed by atoms with Crippen molar-refractivity contribution in [2.45, 2.75) is 13.0 Å². The largest absolute Gasteiger partial charge is 0.383 e. The number of aryl methyl sites for hydroxylation is 1. The van der Waals surface area contributed by atoms with Crippen LogP contribution in [0.2, 0.25) is 0 Å². The Bertz CT molecular complexity index is 1520. The van der Waals surface area contributed by atoms with Gasteiger partial charge in [-0.05, 0) is 43.3 Å². The van der Waals surface area contributed by atoms with Gasteiger partial charge in [0.05, 0.1) is 30.3 Å². The Morgan fingerprint density at radius 2 is 1.92 bits per heavy atom. The molecule has 1 aliphatic rings. The third-order valence-corrected chi connectivity index (χ3v) is 8.63. The fourth-order valence-corrected chi connectivity index (χ4v) is 6.53. The molecule has 1 atom stereocenters. The molecule has 3 aromatic heterocycles. The fourth-order valence-electron chi connectivity index (χ4n) is 4.65. The summed E-state index contributed by atoms with van der Waals surface area (Å²) < 4.78 is 46.4. The first-order valence-corrected chi connectivity index (χ1v) is 14.4. The lowest BCUT2D eigenvalue weighted by atomic mass is 10.2. The summed E-state index contributed by atoms with van der Waals surface area (Å²) in [4.78, 5) is 13.4. The molecule has 0 spiro atoms. The molecule has 196 valence electrons. The molecule has 37 heavy (non-hydrogen) atoms. The number of nitrogens with zero attached hydrogens (tertiary/aromatic N) is 7. The zero-order chi connectivity index (χ0) is 26.3. The van der Waals surface area contributed by atoms with Crippen molar-refractivity contribution in [2.24, 2.45) is 0 Å². The van der Waals surface area contributed by atoms with Crippen molar-refractivity contribution in [2.75, 3.05) is 56.5 Å². The smallest absolute Gasteiger partial charge is 0.211 e. The Balaban J connectivity index is 1.45. The first kappa shape index (κ1) is 25.5. The zero-order valence-electron chi connectivity index (χ0n) is 21.0. The molecule has 0 radical (unpaired) electrons. The number of hydrogen-bond acceptors (Lipinski definition) is 9. The predicted octanol–water partition coefficient (Wildman–Crippen LogP) is 3.16. The van der Waals surface area contributed by atoms with Gasteiger partial charge in [-0.1, -0.05) is 0 Å². The van der Waals surface area contributed by atoms with Crippen molar-refractivity contribution in [3.8, 4) is 11.3 Å². The van der Waals surface area contributed by atoms with Crippen LogP contribution in [0.1, 0.15) is 5.69 Å². The maximum atomic E-state index is 13.3. The van der Waals surface area contributed by atoms with Gasteiger partial charge in [0.2, 0.25) is 10.0 Å². The maximum Gasteiger partial charge on any atom is 0.211 e. The number of anilines is 3. The van der Waals surface area contributed by atoms with Gasteiger partial charge in [-0.2, -0.15) is 8.82 Å². The summed E-state index contributed by atoms with van der Waals surface area (Å²) in [7, 11) is 0.141. The highest BCUT2D eigenvalue weighted by molar-refractivity contribution is 7.88. The van der Waals surface area contributed by atoms with Gasteiger partial charge in [-0.25, -0.2) is 22.8 Å². The number of thiazole rings is 1.